The zero-order chi connectivity index (χ0) is 13.4. The van der Waals surface area contributed by atoms with Crippen molar-refractivity contribution >= 4 is 0 Å². The number of aliphatic hydroxyl groups is 1. The zero-order valence-electron chi connectivity index (χ0n) is 11.4. The van der Waals surface area contributed by atoms with Crippen LogP contribution in [0.2, 0.25) is 0 Å². The van der Waals surface area contributed by atoms with Gasteiger partial charge in [-0.3, -0.25) is 0 Å². The molecule has 2 nitrogen and oxygen atoms in total. The van der Waals surface area contributed by atoms with Crippen LogP contribution in [0.25, 0.3) is 0 Å². The van der Waals surface area contributed by atoms with E-state index in [4.69, 9.17) is 4.74 Å². The van der Waals surface area contributed by atoms with Crippen LogP contribution in [0.5, 0.6) is 0 Å². The van der Waals surface area contributed by atoms with Crippen LogP contribution in [0, 0.1) is 5.92 Å². The second-order valence-corrected chi connectivity index (χ2v) is 4.68. The first-order valence-electron chi connectivity index (χ1n) is 6.65. The SMILES string of the molecule is C=C[C@H](CCC)[C@@H](O)[C@H](C)OCc1ccccc1. The highest BCUT2D eigenvalue weighted by Crippen LogP contribution is 2.18. The quantitative estimate of drug-likeness (QED) is 0.713. The average Bonchev–Trinajstić information content (AvgIpc) is 2.42. The molecule has 0 aliphatic rings. The summed E-state index contributed by atoms with van der Waals surface area (Å²) in [6.45, 7) is 8.35. The molecule has 0 saturated carbocycles. The molecule has 0 aromatic heterocycles. The first-order chi connectivity index (χ1) is 8.69. The smallest absolute Gasteiger partial charge is 0.0861 e. The molecule has 18 heavy (non-hydrogen) atoms. The van der Waals surface area contributed by atoms with Crippen molar-refractivity contribution in [3.63, 3.8) is 0 Å². The zero-order valence-corrected chi connectivity index (χ0v) is 11.4. The lowest BCUT2D eigenvalue weighted by atomic mass is 9.94. The van der Waals surface area contributed by atoms with Crippen LogP contribution in [0.15, 0.2) is 43.0 Å². The topological polar surface area (TPSA) is 29.5 Å². The number of benzene rings is 1. The minimum absolute atomic E-state index is 0.112. The van der Waals surface area contributed by atoms with Crippen molar-refractivity contribution in [1.82, 2.24) is 0 Å². The maximum Gasteiger partial charge on any atom is 0.0861 e. The first-order valence-corrected chi connectivity index (χ1v) is 6.65. The van der Waals surface area contributed by atoms with E-state index in [1.54, 1.807) is 0 Å². The molecule has 0 heterocycles. The standard InChI is InChI=1S/C16H24O2/c1-4-9-15(5-2)16(17)13(3)18-12-14-10-7-6-8-11-14/h5-8,10-11,13,15-17H,2,4,9,12H2,1,3H3/t13-,15+,16-/m0/s1. The van der Waals surface area contributed by atoms with Crippen molar-refractivity contribution in [2.24, 2.45) is 5.92 Å². The van der Waals surface area contributed by atoms with Crippen molar-refractivity contribution < 1.29 is 9.84 Å². The lowest BCUT2D eigenvalue weighted by molar-refractivity contribution is -0.0527. The maximum atomic E-state index is 10.2. The van der Waals surface area contributed by atoms with E-state index < -0.39 is 6.10 Å². The minimum Gasteiger partial charge on any atom is -0.390 e. The molecular weight excluding hydrogens is 224 g/mol. The van der Waals surface area contributed by atoms with E-state index in [1.807, 2.05) is 43.3 Å². The molecule has 0 fully saturated rings. The molecule has 0 amide bonds. The van der Waals surface area contributed by atoms with E-state index in [9.17, 15) is 5.11 Å². The van der Waals surface area contributed by atoms with Crippen LogP contribution in [0.3, 0.4) is 0 Å². The Labute approximate surface area is 110 Å². The van der Waals surface area contributed by atoms with Gasteiger partial charge in [-0.25, -0.2) is 0 Å². The van der Waals surface area contributed by atoms with Gasteiger partial charge < -0.3 is 9.84 Å². The molecule has 1 aromatic rings. The Bertz CT molecular complexity index is 334. The van der Waals surface area contributed by atoms with Crippen molar-refractivity contribution in [3.05, 3.63) is 48.6 Å². The Kier molecular flexibility index (Phi) is 6.69. The number of rotatable bonds is 8. The van der Waals surface area contributed by atoms with E-state index in [-0.39, 0.29) is 12.0 Å². The van der Waals surface area contributed by atoms with Crippen molar-refractivity contribution in [2.45, 2.75) is 45.5 Å². The van der Waals surface area contributed by atoms with E-state index in [0.29, 0.717) is 6.61 Å². The van der Waals surface area contributed by atoms with Gasteiger partial charge in [-0.05, 0) is 18.9 Å². The molecule has 0 saturated heterocycles. The molecule has 0 radical (unpaired) electrons. The van der Waals surface area contributed by atoms with E-state index in [0.717, 1.165) is 18.4 Å². The molecule has 0 bridgehead atoms. The van der Waals surface area contributed by atoms with Gasteiger partial charge in [0, 0.05) is 5.92 Å². The molecule has 0 unspecified atom stereocenters. The Morgan fingerprint density at radius 1 is 1.33 bits per heavy atom. The Morgan fingerprint density at radius 2 is 2.00 bits per heavy atom. The molecule has 100 valence electrons. The Hall–Kier alpha value is -1.12. The van der Waals surface area contributed by atoms with Crippen LogP contribution >= 0.6 is 0 Å². The van der Waals surface area contributed by atoms with Gasteiger partial charge in [-0.1, -0.05) is 49.8 Å². The fourth-order valence-corrected chi connectivity index (χ4v) is 2.01. The van der Waals surface area contributed by atoms with Crippen molar-refractivity contribution in [2.75, 3.05) is 0 Å². The van der Waals surface area contributed by atoms with Gasteiger partial charge >= 0.3 is 0 Å². The summed E-state index contributed by atoms with van der Waals surface area (Å²) >= 11 is 0. The summed E-state index contributed by atoms with van der Waals surface area (Å²) in [6, 6.07) is 10.0. The van der Waals surface area contributed by atoms with E-state index in [2.05, 4.69) is 13.5 Å². The van der Waals surface area contributed by atoms with Gasteiger partial charge in [0.1, 0.15) is 0 Å². The molecule has 0 aliphatic carbocycles. The van der Waals surface area contributed by atoms with Crippen LogP contribution in [-0.2, 0) is 11.3 Å². The highest BCUT2D eigenvalue weighted by molar-refractivity contribution is 5.13. The number of hydrogen-bond donors (Lipinski definition) is 1. The van der Waals surface area contributed by atoms with Crippen LogP contribution in [-0.4, -0.2) is 17.3 Å². The third-order valence-corrected chi connectivity index (χ3v) is 3.20. The molecule has 2 heteroatoms. The molecule has 0 spiro atoms. The summed E-state index contributed by atoms with van der Waals surface area (Å²) in [5.74, 6) is 0.112. The summed E-state index contributed by atoms with van der Waals surface area (Å²) in [6.07, 6.45) is 3.16. The van der Waals surface area contributed by atoms with Gasteiger partial charge in [-0.15, -0.1) is 6.58 Å². The summed E-state index contributed by atoms with van der Waals surface area (Å²) in [5, 5.41) is 10.2. The van der Waals surface area contributed by atoms with Gasteiger partial charge in [0.2, 0.25) is 0 Å². The number of aliphatic hydroxyl groups excluding tert-OH is 1. The molecule has 1 aromatic carbocycles. The Morgan fingerprint density at radius 3 is 2.56 bits per heavy atom. The van der Waals surface area contributed by atoms with Gasteiger partial charge in [0.15, 0.2) is 0 Å². The van der Waals surface area contributed by atoms with Gasteiger partial charge in [-0.2, -0.15) is 0 Å². The van der Waals surface area contributed by atoms with Crippen LogP contribution in [0.1, 0.15) is 32.3 Å². The average molecular weight is 248 g/mol. The fraction of sp³-hybridized carbons (Fsp3) is 0.500. The first kappa shape index (κ1) is 14.9. The van der Waals surface area contributed by atoms with Gasteiger partial charge in [0.25, 0.3) is 0 Å². The highest BCUT2D eigenvalue weighted by Gasteiger charge is 2.22. The second-order valence-electron chi connectivity index (χ2n) is 4.68. The van der Waals surface area contributed by atoms with Crippen molar-refractivity contribution in [3.8, 4) is 0 Å². The lowest BCUT2D eigenvalue weighted by Gasteiger charge is -2.25. The lowest BCUT2D eigenvalue weighted by Crippen LogP contribution is -2.32. The number of ether oxygens (including phenoxy) is 1. The summed E-state index contributed by atoms with van der Waals surface area (Å²) in [5.41, 5.74) is 1.13. The molecular formula is C16H24O2. The van der Waals surface area contributed by atoms with Crippen molar-refractivity contribution in [1.29, 1.82) is 0 Å². The monoisotopic (exact) mass is 248 g/mol. The van der Waals surface area contributed by atoms with E-state index in [1.165, 1.54) is 0 Å². The summed E-state index contributed by atoms with van der Waals surface area (Å²) in [7, 11) is 0. The highest BCUT2D eigenvalue weighted by atomic mass is 16.5. The summed E-state index contributed by atoms with van der Waals surface area (Å²) in [4.78, 5) is 0. The van der Waals surface area contributed by atoms with Crippen LogP contribution < -0.4 is 0 Å². The fourth-order valence-electron chi connectivity index (χ4n) is 2.01. The molecule has 1 rings (SSSR count). The second kappa shape index (κ2) is 8.06. The predicted molar refractivity (Wildman–Crippen MR) is 75.3 cm³/mol. The molecule has 0 aliphatic heterocycles. The van der Waals surface area contributed by atoms with Crippen LogP contribution in [0.4, 0.5) is 0 Å². The predicted octanol–water partition coefficient (Wildman–Crippen LogP) is 3.55. The minimum atomic E-state index is -0.480. The van der Waals surface area contributed by atoms with E-state index >= 15 is 0 Å². The third kappa shape index (κ3) is 4.63. The normalized spacial score (nSPS) is 15.9. The molecule has 1 N–H and O–H groups in total. The summed E-state index contributed by atoms with van der Waals surface area (Å²) < 4.78 is 5.72. The van der Waals surface area contributed by atoms with Gasteiger partial charge in [0.05, 0.1) is 18.8 Å². The number of hydrogen-bond acceptors (Lipinski definition) is 2. The maximum absolute atomic E-state index is 10.2. The third-order valence-electron chi connectivity index (χ3n) is 3.20. The Balaban J connectivity index is 2.44. The largest absolute Gasteiger partial charge is 0.390 e. The molecule has 3 atom stereocenters.